The molecule has 7 nitrogen and oxygen atoms in total. The first kappa shape index (κ1) is 21.7. The van der Waals surface area contributed by atoms with Crippen molar-refractivity contribution in [3.8, 4) is 22.9 Å². The van der Waals surface area contributed by atoms with Gasteiger partial charge < -0.3 is 19.3 Å². The molecule has 1 amide bonds. The van der Waals surface area contributed by atoms with Crippen molar-refractivity contribution >= 4 is 17.7 Å². The first-order valence-corrected chi connectivity index (χ1v) is 10.8. The van der Waals surface area contributed by atoms with Crippen molar-refractivity contribution < 1.29 is 18.8 Å². The molecular weight excluding hydrogens is 402 g/mol. The van der Waals surface area contributed by atoms with Gasteiger partial charge in [0.15, 0.2) is 11.5 Å². The Hall–Kier alpha value is -3.00. The molecule has 0 spiro atoms. The Labute approximate surface area is 180 Å². The number of hydrogen-bond donors (Lipinski definition) is 1. The molecule has 3 rings (SSSR count). The molecule has 1 heterocycles. The average Bonchev–Trinajstić information content (AvgIpc) is 3.27. The predicted molar refractivity (Wildman–Crippen MR) is 117 cm³/mol. The molecule has 1 N–H and O–H groups in total. The molecule has 0 aliphatic carbocycles. The largest absolute Gasteiger partial charge is 0.493 e. The highest BCUT2D eigenvalue weighted by atomic mass is 32.2. The molecule has 0 saturated heterocycles. The van der Waals surface area contributed by atoms with E-state index in [0.717, 1.165) is 17.1 Å². The van der Waals surface area contributed by atoms with E-state index in [4.69, 9.17) is 14.0 Å². The van der Waals surface area contributed by atoms with Crippen LogP contribution in [0, 0.1) is 0 Å². The number of methoxy groups -OCH3 is 2. The number of aromatic nitrogens is 2. The average molecular weight is 428 g/mol. The minimum absolute atomic E-state index is 0.0267. The molecule has 8 heteroatoms. The Bertz CT molecular complexity index is 947. The molecule has 0 atom stereocenters. The lowest BCUT2D eigenvalue weighted by molar-refractivity contribution is -0.121. The number of nitrogens with one attached hydrogen (secondary N) is 1. The van der Waals surface area contributed by atoms with Crippen LogP contribution in [0.15, 0.2) is 53.1 Å². The summed E-state index contributed by atoms with van der Waals surface area (Å²) < 4.78 is 15.8. The number of thioether (sulfide) groups is 1. The zero-order valence-corrected chi connectivity index (χ0v) is 17.9. The minimum Gasteiger partial charge on any atom is -0.493 e. The molecule has 30 heavy (non-hydrogen) atoms. The van der Waals surface area contributed by atoms with Gasteiger partial charge in [0.2, 0.25) is 17.6 Å². The molecule has 0 aliphatic rings. The van der Waals surface area contributed by atoms with Gasteiger partial charge in [-0.15, -0.1) is 0 Å². The quantitative estimate of drug-likeness (QED) is 0.467. The maximum absolute atomic E-state index is 12.0. The molecule has 3 aromatic rings. The Morgan fingerprint density at radius 1 is 1.10 bits per heavy atom. The summed E-state index contributed by atoms with van der Waals surface area (Å²) in [6.45, 7) is 0.636. The van der Waals surface area contributed by atoms with Crippen molar-refractivity contribution in [2.75, 3.05) is 26.5 Å². The van der Waals surface area contributed by atoms with Crippen LogP contribution in [0.4, 0.5) is 0 Å². The summed E-state index contributed by atoms with van der Waals surface area (Å²) in [5.74, 6) is 3.87. The van der Waals surface area contributed by atoms with E-state index in [1.165, 1.54) is 5.56 Å². The zero-order valence-electron chi connectivity index (χ0n) is 17.1. The number of ether oxygens (including phenoxy) is 2. The monoisotopic (exact) mass is 427 g/mol. The Morgan fingerprint density at radius 2 is 1.90 bits per heavy atom. The van der Waals surface area contributed by atoms with Crippen LogP contribution < -0.4 is 14.8 Å². The topological polar surface area (TPSA) is 86.5 Å². The van der Waals surface area contributed by atoms with E-state index in [1.54, 1.807) is 38.1 Å². The van der Waals surface area contributed by atoms with Crippen LogP contribution in [0.25, 0.3) is 11.4 Å². The third-order valence-electron chi connectivity index (χ3n) is 4.36. The van der Waals surface area contributed by atoms with Crippen LogP contribution in [0.1, 0.15) is 17.9 Å². The summed E-state index contributed by atoms with van der Waals surface area (Å²) in [7, 11) is 3.15. The molecule has 158 valence electrons. The van der Waals surface area contributed by atoms with Crippen molar-refractivity contribution in [2.45, 2.75) is 18.6 Å². The van der Waals surface area contributed by atoms with Crippen LogP contribution >= 0.6 is 11.8 Å². The van der Waals surface area contributed by atoms with E-state index in [1.807, 2.05) is 24.3 Å². The van der Waals surface area contributed by atoms with Gasteiger partial charge in [0.25, 0.3) is 0 Å². The predicted octanol–water partition coefficient (Wildman–Crippen LogP) is 3.74. The first-order valence-electron chi connectivity index (χ1n) is 9.63. The van der Waals surface area contributed by atoms with E-state index in [2.05, 4.69) is 27.6 Å². The molecule has 0 radical (unpaired) electrons. The smallest absolute Gasteiger partial charge is 0.227 e. The molecule has 0 bridgehead atoms. The number of benzene rings is 2. The van der Waals surface area contributed by atoms with Crippen LogP contribution in [-0.4, -0.2) is 42.6 Å². The molecule has 1 aromatic heterocycles. The third kappa shape index (κ3) is 6.25. The molecule has 0 aliphatic heterocycles. The van der Waals surface area contributed by atoms with Crippen LogP contribution in [-0.2, 0) is 17.0 Å². The van der Waals surface area contributed by atoms with Crippen molar-refractivity contribution in [2.24, 2.45) is 0 Å². The van der Waals surface area contributed by atoms with E-state index < -0.39 is 0 Å². The standard InChI is InChI=1S/C22H25N3O4S/c1-27-18-9-8-17(14-19(18)28-2)22-24-21(29-25-22)11-10-20(26)23-12-13-30-15-16-6-4-3-5-7-16/h3-9,14H,10-13,15H2,1-2H3,(H,23,26). The highest BCUT2D eigenvalue weighted by molar-refractivity contribution is 7.98. The lowest BCUT2D eigenvalue weighted by Gasteiger charge is -2.07. The summed E-state index contributed by atoms with van der Waals surface area (Å²) in [5, 5.41) is 6.92. The maximum Gasteiger partial charge on any atom is 0.227 e. The highest BCUT2D eigenvalue weighted by Crippen LogP contribution is 2.31. The Kier molecular flexibility index (Phi) is 8.14. The van der Waals surface area contributed by atoms with Gasteiger partial charge in [-0.05, 0) is 23.8 Å². The second-order valence-electron chi connectivity index (χ2n) is 6.47. The number of carbonyl (C=O) groups excluding carboxylic acids is 1. The van der Waals surface area contributed by atoms with Gasteiger partial charge >= 0.3 is 0 Å². The normalized spacial score (nSPS) is 10.6. The summed E-state index contributed by atoms with van der Waals surface area (Å²) in [5.41, 5.74) is 2.04. The lowest BCUT2D eigenvalue weighted by Crippen LogP contribution is -2.25. The summed E-state index contributed by atoms with van der Waals surface area (Å²) in [6.07, 6.45) is 0.695. The number of nitrogens with zero attached hydrogens (tertiary/aromatic N) is 2. The number of aryl methyl sites for hydroxylation is 1. The molecule has 0 fully saturated rings. The summed E-state index contributed by atoms with van der Waals surface area (Å²) in [6, 6.07) is 15.7. The van der Waals surface area contributed by atoms with Gasteiger partial charge in [-0.25, -0.2) is 0 Å². The van der Waals surface area contributed by atoms with Gasteiger partial charge in [-0.3, -0.25) is 4.79 Å². The van der Waals surface area contributed by atoms with Gasteiger partial charge in [0, 0.05) is 36.5 Å². The number of hydrogen-bond acceptors (Lipinski definition) is 7. The van der Waals surface area contributed by atoms with Crippen LogP contribution in [0.2, 0.25) is 0 Å². The Balaban J connectivity index is 1.40. The fourth-order valence-electron chi connectivity index (χ4n) is 2.78. The van der Waals surface area contributed by atoms with Crippen LogP contribution in [0.5, 0.6) is 11.5 Å². The van der Waals surface area contributed by atoms with Crippen molar-refractivity contribution in [3.05, 3.63) is 60.0 Å². The van der Waals surface area contributed by atoms with E-state index in [9.17, 15) is 4.79 Å². The highest BCUT2D eigenvalue weighted by Gasteiger charge is 2.13. The fourth-order valence-corrected chi connectivity index (χ4v) is 3.60. The zero-order chi connectivity index (χ0) is 21.2. The number of amides is 1. The first-order chi connectivity index (χ1) is 14.7. The molecular formula is C22H25N3O4S. The summed E-state index contributed by atoms with van der Waals surface area (Å²) >= 11 is 1.79. The lowest BCUT2D eigenvalue weighted by atomic mass is 10.2. The minimum atomic E-state index is -0.0267. The molecule has 0 unspecified atom stereocenters. The Morgan fingerprint density at radius 3 is 2.67 bits per heavy atom. The van der Waals surface area contributed by atoms with Crippen LogP contribution in [0.3, 0.4) is 0 Å². The van der Waals surface area contributed by atoms with Gasteiger partial charge in [0.1, 0.15) is 0 Å². The second kappa shape index (κ2) is 11.3. The molecule has 2 aromatic carbocycles. The van der Waals surface area contributed by atoms with Crippen molar-refractivity contribution in [3.63, 3.8) is 0 Å². The van der Waals surface area contributed by atoms with E-state index >= 15 is 0 Å². The third-order valence-corrected chi connectivity index (χ3v) is 5.39. The SMILES string of the molecule is COc1ccc(-c2noc(CCC(=O)NCCSCc3ccccc3)n2)cc1OC. The number of carbonyl (C=O) groups is 1. The second-order valence-corrected chi connectivity index (χ2v) is 7.57. The van der Waals surface area contributed by atoms with Gasteiger partial charge in [0.05, 0.1) is 14.2 Å². The van der Waals surface area contributed by atoms with E-state index in [-0.39, 0.29) is 5.91 Å². The van der Waals surface area contributed by atoms with Gasteiger partial charge in [-0.1, -0.05) is 35.5 Å². The van der Waals surface area contributed by atoms with Crippen molar-refractivity contribution in [1.29, 1.82) is 0 Å². The maximum atomic E-state index is 12.0. The molecule has 0 saturated carbocycles. The van der Waals surface area contributed by atoms with Gasteiger partial charge in [-0.2, -0.15) is 16.7 Å². The number of rotatable bonds is 11. The fraction of sp³-hybridized carbons (Fsp3) is 0.318. The van der Waals surface area contributed by atoms with E-state index in [0.29, 0.717) is 42.6 Å². The summed E-state index contributed by atoms with van der Waals surface area (Å²) in [4.78, 5) is 16.4. The van der Waals surface area contributed by atoms with Crippen molar-refractivity contribution in [1.82, 2.24) is 15.5 Å².